The maximum Gasteiger partial charge on any atom is 0.269 e. The van der Waals surface area contributed by atoms with Gasteiger partial charge in [-0.3, -0.25) is 24.2 Å². The molecule has 1 fully saturated rings. The van der Waals surface area contributed by atoms with Crippen LogP contribution in [0.5, 0.6) is 0 Å². The molecule has 30 heavy (non-hydrogen) atoms. The van der Waals surface area contributed by atoms with Gasteiger partial charge in [-0.2, -0.15) is 0 Å². The molecule has 9 nitrogen and oxygen atoms in total. The topological polar surface area (TPSA) is 96.9 Å². The number of likely N-dealkylation sites (tertiary alicyclic amines) is 1. The number of pyridine rings is 1. The van der Waals surface area contributed by atoms with Gasteiger partial charge in [-0.05, 0) is 56.1 Å². The number of nitrogens with zero attached hydrogens (tertiary/aromatic N) is 6. The summed E-state index contributed by atoms with van der Waals surface area (Å²) in [6.45, 7) is 2.61. The molecule has 3 aromatic rings. The lowest BCUT2D eigenvalue weighted by Gasteiger charge is -2.31. The van der Waals surface area contributed by atoms with E-state index in [1.807, 2.05) is 28.8 Å². The first-order valence-electron chi connectivity index (χ1n) is 10.2. The summed E-state index contributed by atoms with van der Waals surface area (Å²) in [5.41, 5.74) is 2.61. The number of aromatic nitrogens is 3. The summed E-state index contributed by atoms with van der Waals surface area (Å²) in [4.78, 5) is 27.4. The second-order valence-corrected chi connectivity index (χ2v) is 7.90. The quantitative estimate of drug-likeness (QED) is 0.488. The number of rotatable bonds is 4. The lowest BCUT2D eigenvalue weighted by atomic mass is 9.96. The molecule has 9 heteroatoms. The van der Waals surface area contributed by atoms with Crippen molar-refractivity contribution in [2.45, 2.75) is 25.2 Å². The van der Waals surface area contributed by atoms with Crippen LogP contribution in [0.4, 0.5) is 11.4 Å². The first-order valence-corrected chi connectivity index (χ1v) is 10.2. The predicted molar refractivity (Wildman–Crippen MR) is 111 cm³/mol. The molecule has 2 aromatic heterocycles. The minimum Gasteiger partial charge on any atom is -0.311 e. The van der Waals surface area contributed by atoms with E-state index in [0.717, 1.165) is 48.7 Å². The normalized spacial score (nSPS) is 17.4. The van der Waals surface area contributed by atoms with Gasteiger partial charge in [0.25, 0.3) is 5.69 Å². The van der Waals surface area contributed by atoms with Crippen LogP contribution < -0.4 is 4.90 Å². The van der Waals surface area contributed by atoms with Gasteiger partial charge in [-0.1, -0.05) is 6.07 Å². The molecule has 0 saturated carbocycles. The SMILES string of the molecule is O=C(CN1CCC(c2nnc3ccccn23)CC1)N1CCc2cc([N+](=O)[O-])ccc21. The van der Waals surface area contributed by atoms with E-state index in [-0.39, 0.29) is 11.6 Å². The van der Waals surface area contributed by atoms with E-state index in [1.54, 1.807) is 17.0 Å². The van der Waals surface area contributed by atoms with E-state index in [0.29, 0.717) is 25.4 Å². The zero-order valence-corrected chi connectivity index (χ0v) is 16.5. The summed E-state index contributed by atoms with van der Waals surface area (Å²) < 4.78 is 2.05. The number of nitro groups is 1. The maximum atomic E-state index is 12.9. The Bertz CT molecular complexity index is 1120. The number of amides is 1. The number of carbonyl (C=O) groups is 1. The van der Waals surface area contributed by atoms with Gasteiger partial charge in [0.05, 0.1) is 11.5 Å². The Morgan fingerprint density at radius 3 is 2.77 bits per heavy atom. The van der Waals surface area contributed by atoms with Crippen LogP contribution in [0.1, 0.15) is 30.1 Å². The monoisotopic (exact) mass is 406 g/mol. The van der Waals surface area contributed by atoms with Crippen molar-refractivity contribution < 1.29 is 9.72 Å². The largest absolute Gasteiger partial charge is 0.311 e. The van der Waals surface area contributed by atoms with Crippen molar-refractivity contribution >= 4 is 22.9 Å². The number of hydrogen-bond donors (Lipinski definition) is 0. The smallest absolute Gasteiger partial charge is 0.269 e. The van der Waals surface area contributed by atoms with Gasteiger partial charge in [-0.15, -0.1) is 10.2 Å². The number of anilines is 1. The molecule has 0 radical (unpaired) electrons. The highest BCUT2D eigenvalue weighted by molar-refractivity contribution is 5.97. The molecule has 4 heterocycles. The van der Waals surface area contributed by atoms with E-state index in [4.69, 9.17) is 0 Å². The number of hydrogen-bond acceptors (Lipinski definition) is 6. The molecule has 0 N–H and O–H groups in total. The van der Waals surface area contributed by atoms with Crippen LogP contribution in [0.15, 0.2) is 42.6 Å². The Labute approximate surface area is 173 Å². The van der Waals surface area contributed by atoms with Crippen LogP contribution >= 0.6 is 0 Å². The van der Waals surface area contributed by atoms with E-state index in [2.05, 4.69) is 15.1 Å². The zero-order chi connectivity index (χ0) is 20.7. The first kappa shape index (κ1) is 18.7. The maximum absolute atomic E-state index is 12.9. The van der Waals surface area contributed by atoms with Crippen LogP contribution in [-0.2, 0) is 11.2 Å². The number of non-ortho nitro benzene ring substituents is 1. The second-order valence-electron chi connectivity index (χ2n) is 7.90. The summed E-state index contributed by atoms with van der Waals surface area (Å²) in [6.07, 6.45) is 4.53. The summed E-state index contributed by atoms with van der Waals surface area (Å²) in [7, 11) is 0. The van der Waals surface area contributed by atoms with Gasteiger partial charge >= 0.3 is 0 Å². The number of carbonyl (C=O) groups excluding carboxylic acids is 1. The predicted octanol–water partition coefficient (Wildman–Crippen LogP) is 2.41. The average Bonchev–Trinajstić information content (AvgIpc) is 3.38. The number of nitro benzene ring substituents is 1. The lowest BCUT2D eigenvalue weighted by molar-refractivity contribution is -0.384. The molecule has 2 aliphatic heterocycles. The van der Waals surface area contributed by atoms with Crippen molar-refractivity contribution in [1.29, 1.82) is 0 Å². The lowest BCUT2D eigenvalue weighted by Crippen LogP contribution is -2.43. The number of fused-ring (bicyclic) bond motifs is 2. The molecule has 1 aromatic carbocycles. The zero-order valence-electron chi connectivity index (χ0n) is 16.5. The molecule has 154 valence electrons. The summed E-state index contributed by atoms with van der Waals surface area (Å²) in [6, 6.07) is 10.6. The molecule has 1 amide bonds. The highest BCUT2D eigenvalue weighted by Gasteiger charge is 2.30. The molecule has 2 aliphatic rings. The molecule has 0 unspecified atom stereocenters. The molecular weight excluding hydrogens is 384 g/mol. The van der Waals surface area contributed by atoms with Crippen molar-refractivity contribution in [1.82, 2.24) is 19.5 Å². The molecule has 1 saturated heterocycles. The highest BCUT2D eigenvalue weighted by atomic mass is 16.6. The number of benzene rings is 1. The minimum atomic E-state index is -0.395. The van der Waals surface area contributed by atoms with Gasteiger partial charge < -0.3 is 4.90 Å². The van der Waals surface area contributed by atoms with Crippen LogP contribution in [0.3, 0.4) is 0 Å². The van der Waals surface area contributed by atoms with Crippen LogP contribution in [0.2, 0.25) is 0 Å². The fourth-order valence-corrected chi connectivity index (χ4v) is 4.52. The fourth-order valence-electron chi connectivity index (χ4n) is 4.52. The van der Waals surface area contributed by atoms with E-state index < -0.39 is 4.92 Å². The Balaban J connectivity index is 1.21. The Kier molecular flexibility index (Phi) is 4.66. The summed E-state index contributed by atoms with van der Waals surface area (Å²) in [5, 5.41) is 19.6. The third kappa shape index (κ3) is 3.30. The Morgan fingerprint density at radius 1 is 1.13 bits per heavy atom. The summed E-state index contributed by atoms with van der Waals surface area (Å²) >= 11 is 0. The molecule has 0 spiro atoms. The Morgan fingerprint density at radius 2 is 1.97 bits per heavy atom. The van der Waals surface area contributed by atoms with E-state index >= 15 is 0 Å². The van der Waals surface area contributed by atoms with Crippen LogP contribution in [-0.4, -0.2) is 56.5 Å². The average molecular weight is 406 g/mol. The van der Waals surface area contributed by atoms with Gasteiger partial charge in [0, 0.05) is 36.5 Å². The van der Waals surface area contributed by atoms with Gasteiger partial charge in [-0.25, -0.2) is 0 Å². The van der Waals surface area contributed by atoms with Crippen molar-refractivity contribution in [2.24, 2.45) is 0 Å². The molecule has 0 atom stereocenters. The van der Waals surface area contributed by atoms with E-state index in [9.17, 15) is 14.9 Å². The van der Waals surface area contributed by atoms with Gasteiger partial charge in [0.15, 0.2) is 5.65 Å². The molecule has 0 aliphatic carbocycles. The van der Waals surface area contributed by atoms with Gasteiger partial charge in [0.1, 0.15) is 5.82 Å². The van der Waals surface area contributed by atoms with Crippen molar-refractivity contribution in [3.8, 4) is 0 Å². The standard InChI is InChI=1S/C21H22N6O3/c28-20(25-12-8-16-13-17(27(29)30)4-5-18(16)25)14-24-10-6-15(7-11-24)21-23-22-19-3-1-2-9-26(19)21/h1-5,9,13,15H,6-8,10-12,14H2. The molecule has 5 rings (SSSR count). The third-order valence-corrected chi connectivity index (χ3v) is 6.12. The van der Waals surface area contributed by atoms with Crippen LogP contribution in [0, 0.1) is 10.1 Å². The first-order chi connectivity index (χ1) is 14.6. The molecule has 0 bridgehead atoms. The van der Waals surface area contributed by atoms with Crippen molar-refractivity contribution in [3.63, 3.8) is 0 Å². The fraction of sp³-hybridized carbons (Fsp3) is 0.381. The third-order valence-electron chi connectivity index (χ3n) is 6.12. The van der Waals surface area contributed by atoms with Crippen molar-refractivity contribution in [3.05, 3.63) is 64.1 Å². The van der Waals surface area contributed by atoms with E-state index in [1.165, 1.54) is 6.07 Å². The highest BCUT2D eigenvalue weighted by Crippen LogP contribution is 2.32. The van der Waals surface area contributed by atoms with Crippen LogP contribution in [0.25, 0.3) is 5.65 Å². The van der Waals surface area contributed by atoms with Gasteiger partial charge in [0.2, 0.25) is 5.91 Å². The second kappa shape index (κ2) is 7.49. The summed E-state index contributed by atoms with van der Waals surface area (Å²) in [5.74, 6) is 1.38. The molecular formula is C21H22N6O3. The Hall–Kier alpha value is -3.33. The number of piperidine rings is 1. The van der Waals surface area contributed by atoms with Crippen molar-refractivity contribution in [2.75, 3.05) is 31.1 Å². The minimum absolute atomic E-state index is 0.0500.